The average Bonchev–Trinajstić information content (AvgIpc) is 3.29. The minimum absolute atomic E-state index is 0.160. The van der Waals surface area contributed by atoms with Crippen molar-refractivity contribution in [2.24, 2.45) is 4.99 Å². The van der Waals surface area contributed by atoms with Crippen LogP contribution < -0.4 is 14.8 Å². The molecule has 2 aliphatic rings. The van der Waals surface area contributed by atoms with Gasteiger partial charge in [0, 0.05) is 12.1 Å². The first-order valence-electron chi connectivity index (χ1n) is 7.43. The van der Waals surface area contributed by atoms with Gasteiger partial charge in [0.15, 0.2) is 11.5 Å². The Kier molecular flexibility index (Phi) is 3.95. The molecule has 2 fully saturated rings. The molecule has 1 aliphatic heterocycles. The van der Waals surface area contributed by atoms with Crippen molar-refractivity contribution in [1.82, 2.24) is 5.32 Å². The van der Waals surface area contributed by atoms with Crippen molar-refractivity contribution in [3.05, 3.63) is 23.8 Å². The zero-order valence-electron chi connectivity index (χ0n) is 12.2. The molecule has 21 heavy (non-hydrogen) atoms. The molecule has 1 aliphatic carbocycles. The van der Waals surface area contributed by atoms with E-state index < -0.39 is 5.54 Å². The number of nitrogens with zero attached hydrogens (tertiary/aromatic N) is 1. The standard InChI is InChI=1S/C16H20N2O3/c1-20-15-13(16(7-8-16)18-11-19)5-2-6-14(15)21-12-4-3-9-17-10-12/h2,5-6,12,17H,3-4,7-10H2,1H3. The van der Waals surface area contributed by atoms with Crippen molar-refractivity contribution in [2.45, 2.75) is 37.3 Å². The van der Waals surface area contributed by atoms with E-state index in [9.17, 15) is 4.79 Å². The SMILES string of the molecule is COc1c(OC2CCCNC2)cccc1C1(N=C=O)CC1. The first-order chi connectivity index (χ1) is 10.3. The maximum atomic E-state index is 10.7. The van der Waals surface area contributed by atoms with Gasteiger partial charge in [-0.3, -0.25) is 0 Å². The zero-order valence-corrected chi connectivity index (χ0v) is 12.2. The van der Waals surface area contributed by atoms with E-state index in [1.54, 1.807) is 13.2 Å². The summed E-state index contributed by atoms with van der Waals surface area (Å²) >= 11 is 0. The predicted molar refractivity (Wildman–Crippen MR) is 78.5 cm³/mol. The smallest absolute Gasteiger partial charge is 0.235 e. The van der Waals surface area contributed by atoms with Gasteiger partial charge in [0.2, 0.25) is 6.08 Å². The van der Waals surface area contributed by atoms with Gasteiger partial charge in [0.1, 0.15) is 11.6 Å². The maximum Gasteiger partial charge on any atom is 0.235 e. The number of carbonyl (C=O) groups excluding carboxylic acids is 1. The van der Waals surface area contributed by atoms with Crippen LogP contribution in [0.15, 0.2) is 23.2 Å². The van der Waals surface area contributed by atoms with E-state index in [-0.39, 0.29) is 6.10 Å². The summed E-state index contributed by atoms with van der Waals surface area (Å²) < 4.78 is 11.6. The highest BCUT2D eigenvalue weighted by Crippen LogP contribution is 2.54. The fourth-order valence-corrected chi connectivity index (χ4v) is 2.93. The van der Waals surface area contributed by atoms with E-state index >= 15 is 0 Å². The molecule has 0 aromatic heterocycles. The molecular weight excluding hydrogens is 268 g/mol. The molecule has 1 N–H and O–H groups in total. The zero-order chi connectivity index (χ0) is 14.7. The van der Waals surface area contributed by atoms with Gasteiger partial charge in [-0.15, -0.1) is 0 Å². The molecular formula is C16H20N2O3. The lowest BCUT2D eigenvalue weighted by Crippen LogP contribution is -2.37. The summed E-state index contributed by atoms with van der Waals surface area (Å²) in [7, 11) is 1.63. The lowest BCUT2D eigenvalue weighted by molar-refractivity contribution is 0.160. The minimum atomic E-state index is -0.447. The highest BCUT2D eigenvalue weighted by molar-refractivity contribution is 5.53. The highest BCUT2D eigenvalue weighted by Gasteiger charge is 2.47. The van der Waals surface area contributed by atoms with Gasteiger partial charge in [-0.05, 0) is 38.3 Å². The number of aliphatic imine (C=N–C) groups is 1. The number of nitrogens with one attached hydrogen (secondary N) is 1. The van der Waals surface area contributed by atoms with Gasteiger partial charge in [0.25, 0.3) is 0 Å². The molecule has 0 amide bonds. The topological polar surface area (TPSA) is 59.9 Å². The minimum Gasteiger partial charge on any atom is -0.492 e. The Morgan fingerprint density at radius 3 is 2.90 bits per heavy atom. The van der Waals surface area contributed by atoms with E-state index in [0.717, 1.165) is 50.1 Å². The summed E-state index contributed by atoms with van der Waals surface area (Å²) in [6.07, 6.45) is 5.71. The van der Waals surface area contributed by atoms with Crippen molar-refractivity contribution in [3.63, 3.8) is 0 Å². The second kappa shape index (κ2) is 5.88. The number of methoxy groups -OCH3 is 1. The van der Waals surface area contributed by atoms with Crippen LogP contribution in [0.5, 0.6) is 11.5 Å². The van der Waals surface area contributed by atoms with Crippen LogP contribution in [0, 0.1) is 0 Å². The molecule has 1 saturated carbocycles. The fourth-order valence-electron chi connectivity index (χ4n) is 2.93. The number of isocyanates is 1. The van der Waals surface area contributed by atoms with Crippen LogP contribution in [0.1, 0.15) is 31.2 Å². The number of rotatable bonds is 5. The van der Waals surface area contributed by atoms with Crippen molar-refractivity contribution >= 4 is 6.08 Å². The van der Waals surface area contributed by atoms with Crippen LogP contribution in [0.4, 0.5) is 0 Å². The molecule has 112 valence electrons. The van der Waals surface area contributed by atoms with E-state index in [0.29, 0.717) is 5.75 Å². The molecule has 5 heteroatoms. The summed E-state index contributed by atoms with van der Waals surface area (Å²) in [5.74, 6) is 1.43. The molecule has 3 rings (SSSR count). The maximum absolute atomic E-state index is 10.7. The highest BCUT2D eigenvalue weighted by atomic mass is 16.5. The van der Waals surface area contributed by atoms with Crippen molar-refractivity contribution in [1.29, 1.82) is 0 Å². The first kappa shape index (κ1) is 14.1. The number of piperidine rings is 1. The Morgan fingerprint density at radius 1 is 1.43 bits per heavy atom. The molecule has 0 bridgehead atoms. The number of benzene rings is 1. The number of ether oxygens (including phenoxy) is 2. The summed E-state index contributed by atoms with van der Waals surface area (Å²) in [6, 6.07) is 5.81. The van der Waals surface area contributed by atoms with Gasteiger partial charge in [0.05, 0.1) is 7.11 Å². The van der Waals surface area contributed by atoms with Gasteiger partial charge in [-0.2, -0.15) is 4.99 Å². The third-order valence-electron chi connectivity index (χ3n) is 4.21. The lowest BCUT2D eigenvalue weighted by atomic mass is 10.0. The quantitative estimate of drug-likeness (QED) is 0.666. The Balaban J connectivity index is 1.89. The van der Waals surface area contributed by atoms with Crippen LogP contribution in [-0.2, 0) is 10.3 Å². The molecule has 1 atom stereocenters. The molecule has 1 unspecified atom stereocenters. The second-order valence-electron chi connectivity index (χ2n) is 5.66. The summed E-state index contributed by atoms with van der Waals surface area (Å²) in [4.78, 5) is 14.6. The second-order valence-corrected chi connectivity index (χ2v) is 5.66. The normalized spacial score (nSPS) is 23.0. The van der Waals surface area contributed by atoms with Gasteiger partial charge in [-0.1, -0.05) is 12.1 Å². The van der Waals surface area contributed by atoms with E-state index in [2.05, 4.69) is 10.3 Å². The summed E-state index contributed by atoms with van der Waals surface area (Å²) in [5, 5.41) is 3.33. The Morgan fingerprint density at radius 2 is 2.29 bits per heavy atom. The lowest BCUT2D eigenvalue weighted by Gasteiger charge is -2.26. The number of hydrogen-bond donors (Lipinski definition) is 1. The molecule has 1 saturated heterocycles. The van der Waals surface area contributed by atoms with Crippen LogP contribution in [0.3, 0.4) is 0 Å². The Bertz CT molecular complexity index is 557. The third kappa shape index (κ3) is 2.80. The van der Waals surface area contributed by atoms with Crippen LogP contribution in [-0.4, -0.2) is 32.4 Å². The molecule has 1 aromatic rings. The van der Waals surface area contributed by atoms with Crippen molar-refractivity contribution in [2.75, 3.05) is 20.2 Å². The molecule has 1 aromatic carbocycles. The summed E-state index contributed by atoms with van der Waals surface area (Å²) in [6.45, 7) is 1.90. The Hall–Kier alpha value is -1.84. The van der Waals surface area contributed by atoms with Gasteiger partial charge < -0.3 is 14.8 Å². The molecule has 1 heterocycles. The number of hydrogen-bond acceptors (Lipinski definition) is 5. The molecule has 0 spiro atoms. The van der Waals surface area contributed by atoms with Crippen molar-refractivity contribution < 1.29 is 14.3 Å². The Labute approximate surface area is 124 Å². The fraction of sp³-hybridized carbons (Fsp3) is 0.562. The first-order valence-corrected chi connectivity index (χ1v) is 7.43. The van der Waals surface area contributed by atoms with Gasteiger partial charge in [-0.25, -0.2) is 4.79 Å². The van der Waals surface area contributed by atoms with E-state index in [1.807, 2.05) is 18.2 Å². The van der Waals surface area contributed by atoms with Gasteiger partial charge >= 0.3 is 0 Å². The average molecular weight is 288 g/mol. The molecule has 5 nitrogen and oxygen atoms in total. The third-order valence-corrected chi connectivity index (χ3v) is 4.21. The van der Waals surface area contributed by atoms with Crippen LogP contribution >= 0.6 is 0 Å². The monoisotopic (exact) mass is 288 g/mol. The number of para-hydroxylation sites is 1. The van der Waals surface area contributed by atoms with Crippen molar-refractivity contribution in [3.8, 4) is 11.5 Å². The predicted octanol–water partition coefficient (Wildman–Crippen LogP) is 2.15. The largest absolute Gasteiger partial charge is 0.492 e. The van der Waals surface area contributed by atoms with Crippen LogP contribution in [0.25, 0.3) is 0 Å². The van der Waals surface area contributed by atoms with Crippen LogP contribution in [0.2, 0.25) is 0 Å². The molecule has 0 radical (unpaired) electrons. The van der Waals surface area contributed by atoms with E-state index in [4.69, 9.17) is 9.47 Å². The van der Waals surface area contributed by atoms with E-state index in [1.165, 1.54) is 0 Å². The summed E-state index contributed by atoms with van der Waals surface area (Å²) in [5.41, 5.74) is 0.478.